The Bertz CT molecular complexity index is 679. The normalized spacial score (nSPS) is 12.3. The first-order chi connectivity index (χ1) is 10.1. The number of aryl methyl sites for hydroxylation is 1. The van der Waals surface area contributed by atoms with Crippen molar-refractivity contribution in [2.75, 3.05) is 6.54 Å². The van der Waals surface area contributed by atoms with Gasteiger partial charge in [0.15, 0.2) is 0 Å². The molecule has 1 aromatic heterocycles. The van der Waals surface area contributed by atoms with Crippen LogP contribution in [0.4, 0.5) is 0 Å². The Labute approximate surface area is 122 Å². The number of nitrogens with one attached hydrogen (secondary N) is 1. The molecule has 0 saturated carbocycles. The Kier molecular flexibility index (Phi) is 5.05. The Hall–Kier alpha value is -2.21. The van der Waals surface area contributed by atoms with Crippen LogP contribution in [0.15, 0.2) is 35.4 Å². The van der Waals surface area contributed by atoms with Crippen molar-refractivity contribution >= 4 is 16.8 Å². The average molecular weight is 289 g/mol. The molecular formula is C15H19N3O3. The number of carbonyl (C=O) groups excluding carboxylic acids is 1. The van der Waals surface area contributed by atoms with Gasteiger partial charge in [-0.15, -0.1) is 0 Å². The highest BCUT2D eigenvalue weighted by atomic mass is 16.3. The number of fused-ring (bicyclic) bond motifs is 1. The molecule has 1 aromatic carbocycles. The van der Waals surface area contributed by atoms with Gasteiger partial charge >= 0.3 is 0 Å². The van der Waals surface area contributed by atoms with Crippen molar-refractivity contribution in [1.29, 1.82) is 0 Å². The average Bonchev–Trinajstić information content (AvgIpc) is 2.46. The number of hydrogen-bond acceptors (Lipinski definition) is 4. The molecule has 112 valence electrons. The third kappa shape index (κ3) is 4.13. The van der Waals surface area contributed by atoms with Crippen LogP contribution in [0.1, 0.15) is 19.8 Å². The molecule has 1 atom stereocenters. The third-order valence-corrected chi connectivity index (χ3v) is 3.20. The van der Waals surface area contributed by atoms with Gasteiger partial charge < -0.3 is 10.4 Å². The lowest BCUT2D eigenvalue weighted by Gasteiger charge is -2.08. The summed E-state index contributed by atoms with van der Waals surface area (Å²) >= 11 is 0. The number of carbonyl (C=O) groups is 1. The van der Waals surface area contributed by atoms with E-state index in [1.165, 1.54) is 10.9 Å². The van der Waals surface area contributed by atoms with Gasteiger partial charge in [-0.1, -0.05) is 12.1 Å². The summed E-state index contributed by atoms with van der Waals surface area (Å²) in [4.78, 5) is 28.1. The summed E-state index contributed by atoms with van der Waals surface area (Å²) < 4.78 is 1.44. The SMILES string of the molecule is CC(O)CCNC(=O)CCn1cnc2ccccc2c1=O. The minimum atomic E-state index is -0.433. The first-order valence-corrected chi connectivity index (χ1v) is 6.97. The zero-order valence-corrected chi connectivity index (χ0v) is 12.0. The summed E-state index contributed by atoms with van der Waals surface area (Å²) in [7, 11) is 0. The predicted molar refractivity (Wildman–Crippen MR) is 79.9 cm³/mol. The molecule has 0 fully saturated rings. The van der Waals surface area contributed by atoms with Crippen LogP contribution in [0.3, 0.4) is 0 Å². The summed E-state index contributed by atoms with van der Waals surface area (Å²) in [5.74, 6) is -0.143. The molecule has 2 aromatic rings. The van der Waals surface area contributed by atoms with Gasteiger partial charge in [0.25, 0.3) is 5.56 Å². The first-order valence-electron chi connectivity index (χ1n) is 6.97. The van der Waals surface area contributed by atoms with E-state index in [0.29, 0.717) is 23.9 Å². The summed E-state index contributed by atoms with van der Waals surface area (Å²) in [6.45, 7) is 2.39. The number of rotatable bonds is 6. The lowest BCUT2D eigenvalue weighted by molar-refractivity contribution is -0.121. The molecule has 0 spiro atoms. The summed E-state index contributed by atoms with van der Waals surface area (Å²) in [5, 5.41) is 12.4. The van der Waals surface area contributed by atoms with Crippen LogP contribution in [-0.2, 0) is 11.3 Å². The number of nitrogens with zero attached hydrogens (tertiary/aromatic N) is 2. The number of aliphatic hydroxyl groups excluding tert-OH is 1. The van der Waals surface area contributed by atoms with Crippen LogP contribution in [0.2, 0.25) is 0 Å². The quantitative estimate of drug-likeness (QED) is 0.819. The van der Waals surface area contributed by atoms with Crippen molar-refractivity contribution < 1.29 is 9.90 Å². The molecule has 0 radical (unpaired) electrons. The Morgan fingerprint density at radius 3 is 2.95 bits per heavy atom. The van der Waals surface area contributed by atoms with Crippen LogP contribution in [0.5, 0.6) is 0 Å². The molecule has 2 N–H and O–H groups in total. The second kappa shape index (κ2) is 6.99. The lowest BCUT2D eigenvalue weighted by atomic mass is 10.2. The molecule has 2 rings (SSSR count). The Balaban J connectivity index is 1.96. The van der Waals surface area contributed by atoms with E-state index in [-0.39, 0.29) is 24.4 Å². The number of aliphatic hydroxyl groups is 1. The van der Waals surface area contributed by atoms with Gasteiger partial charge in [0.05, 0.1) is 23.3 Å². The van der Waals surface area contributed by atoms with Crippen molar-refractivity contribution in [2.24, 2.45) is 0 Å². The highest BCUT2D eigenvalue weighted by molar-refractivity contribution is 5.77. The highest BCUT2D eigenvalue weighted by Crippen LogP contribution is 2.04. The van der Waals surface area contributed by atoms with Gasteiger partial charge in [0.2, 0.25) is 5.91 Å². The minimum Gasteiger partial charge on any atom is -0.393 e. The van der Waals surface area contributed by atoms with Crippen LogP contribution in [0.25, 0.3) is 10.9 Å². The van der Waals surface area contributed by atoms with Gasteiger partial charge in [0, 0.05) is 19.5 Å². The van der Waals surface area contributed by atoms with Crippen molar-refractivity contribution in [2.45, 2.75) is 32.4 Å². The number of benzene rings is 1. The van der Waals surface area contributed by atoms with E-state index < -0.39 is 6.10 Å². The van der Waals surface area contributed by atoms with Gasteiger partial charge in [-0.3, -0.25) is 14.2 Å². The fraction of sp³-hybridized carbons (Fsp3) is 0.400. The maximum atomic E-state index is 12.2. The molecule has 0 saturated heterocycles. The summed E-state index contributed by atoms with van der Waals surface area (Å²) in [6, 6.07) is 7.13. The molecule has 6 nitrogen and oxygen atoms in total. The van der Waals surface area contributed by atoms with Gasteiger partial charge in [0.1, 0.15) is 0 Å². The second-order valence-corrected chi connectivity index (χ2v) is 5.00. The second-order valence-electron chi connectivity index (χ2n) is 5.00. The van der Waals surface area contributed by atoms with E-state index >= 15 is 0 Å². The maximum Gasteiger partial charge on any atom is 0.261 e. The molecule has 0 aliphatic heterocycles. The number of amides is 1. The highest BCUT2D eigenvalue weighted by Gasteiger charge is 2.06. The van der Waals surface area contributed by atoms with E-state index in [4.69, 9.17) is 5.11 Å². The molecule has 0 aliphatic carbocycles. The molecule has 21 heavy (non-hydrogen) atoms. The topological polar surface area (TPSA) is 84.2 Å². The van der Waals surface area contributed by atoms with Crippen molar-refractivity contribution in [3.63, 3.8) is 0 Å². The Morgan fingerprint density at radius 2 is 2.19 bits per heavy atom. The number of hydrogen-bond donors (Lipinski definition) is 2. The van der Waals surface area contributed by atoms with Gasteiger partial charge in [-0.2, -0.15) is 0 Å². The fourth-order valence-electron chi connectivity index (χ4n) is 2.00. The van der Waals surface area contributed by atoms with E-state index in [2.05, 4.69) is 10.3 Å². The van der Waals surface area contributed by atoms with Crippen LogP contribution in [-0.4, -0.2) is 33.2 Å². The van der Waals surface area contributed by atoms with E-state index in [1.54, 1.807) is 25.1 Å². The summed E-state index contributed by atoms with van der Waals surface area (Å²) in [5.41, 5.74) is 0.512. The first kappa shape index (κ1) is 15.2. The van der Waals surface area contributed by atoms with Crippen molar-refractivity contribution in [3.8, 4) is 0 Å². The zero-order valence-electron chi connectivity index (χ0n) is 12.0. The van der Waals surface area contributed by atoms with Crippen molar-refractivity contribution in [3.05, 3.63) is 40.9 Å². The molecular weight excluding hydrogens is 270 g/mol. The number of para-hydroxylation sites is 1. The molecule has 1 heterocycles. The van der Waals surface area contributed by atoms with E-state index in [9.17, 15) is 9.59 Å². The van der Waals surface area contributed by atoms with Crippen LogP contribution < -0.4 is 10.9 Å². The van der Waals surface area contributed by atoms with Crippen LogP contribution >= 0.6 is 0 Å². The van der Waals surface area contributed by atoms with E-state index in [0.717, 1.165) is 0 Å². The minimum absolute atomic E-state index is 0.141. The Morgan fingerprint density at radius 1 is 1.43 bits per heavy atom. The summed E-state index contributed by atoms with van der Waals surface area (Å²) in [6.07, 6.45) is 1.76. The molecule has 0 bridgehead atoms. The van der Waals surface area contributed by atoms with Gasteiger partial charge in [-0.05, 0) is 25.5 Å². The monoisotopic (exact) mass is 289 g/mol. The zero-order chi connectivity index (χ0) is 15.2. The third-order valence-electron chi connectivity index (χ3n) is 3.20. The predicted octanol–water partition coefficient (Wildman–Crippen LogP) is 0.674. The molecule has 1 unspecified atom stereocenters. The number of aromatic nitrogens is 2. The molecule has 6 heteroatoms. The fourth-order valence-corrected chi connectivity index (χ4v) is 2.00. The molecule has 1 amide bonds. The standard InChI is InChI=1S/C15H19N3O3/c1-11(19)6-8-16-14(20)7-9-18-10-17-13-5-3-2-4-12(13)15(18)21/h2-5,10-11,19H,6-9H2,1H3,(H,16,20). The smallest absolute Gasteiger partial charge is 0.261 e. The lowest BCUT2D eigenvalue weighted by Crippen LogP contribution is -2.29. The molecule has 0 aliphatic rings. The maximum absolute atomic E-state index is 12.2. The van der Waals surface area contributed by atoms with E-state index in [1.807, 2.05) is 6.07 Å². The van der Waals surface area contributed by atoms with Crippen molar-refractivity contribution in [1.82, 2.24) is 14.9 Å². The van der Waals surface area contributed by atoms with Gasteiger partial charge in [-0.25, -0.2) is 4.98 Å². The van der Waals surface area contributed by atoms with Crippen LogP contribution in [0, 0.1) is 0 Å². The largest absolute Gasteiger partial charge is 0.393 e.